The molecule has 3 nitrogen and oxygen atoms in total. The van der Waals surface area contributed by atoms with Crippen LogP contribution in [-0.2, 0) is 17.4 Å². The molecule has 3 rings (SSSR count). The van der Waals surface area contributed by atoms with E-state index in [1.54, 1.807) is 29.7 Å². The number of hydrogen-bond donors (Lipinski definition) is 1. The van der Waals surface area contributed by atoms with Crippen molar-refractivity contribution in [3.63, 3.8) is 0 Å². The van der Waals surface area contributed by atoms with Crippen LogP contribution in [0.1, 0.15) is 16.0 Å². The molecule has 2 aromatic rings. The number of hydrogen-bond acceptors (Lipinski definition) is 5. The summed E-state index contributed by atoms with van der Waals surface area (Å²) < 4.78 is 37.7. The molecule has 0 bridgehead atoms. The molecule has 1 aromatic carbocycles. The molecule has 1 atom stereocenters. The lowest BCUT2D eigenvalue weighted by molar-refractivity contribution is -0.137. The number of carbonyl (C=O) groups is 1. The molecule has 9 heteroatoms. The van der Waals surface area contributed by atoms with Crippen LogP contribution in [0.4, 0.5) is 18.3 Å². The molecule has 1 saturated heterocycles. The van der Waals surface area contributed by atoms with Gasteiger partial charge in [0.15, 0.2) is 5.13 Å². The minimum atomic E-state index is -4.32. The SMILES string of the molecule is O=C(Nc1ncc(Cc2ccc(C(F)(F)F)cc2)s1)[C@H]1CSCCS1. The molecule has 0 saturated carbocycles. The third-order valence-corrected chi connectivity index (χ3v) is 7.22. The summed E-state index contributed by atoms with van der Waals surface area (Å²) in [5.74, 6) is 2.82. The Hall–Kier alpha value is -1.19. The van der Waals surface area contributed by atoms with Gasteiger partial charge < -0.3 is 5.32 Å². The van der Waals surface area contributed by atoms with Crippen molar-refractivity contribution in [2.75, 3.05) is 22.6 Å². The minimum absolute atomic E-state index is 0.0346. The largest absolute Gasteiger partial charge is 0.416 e. The molecule has 2 heterocycles. The summed E-state index contributed by atoms with van der Waals surface area (Å²) in [6.07, 6.45) is -2.18. The van der Waals surface area contributed by atoms with Crippen molar-refractivity contribution >= 4 is 45.9 Å². The number of thioether (sulfide) groups is 2. The summed E-state index contributed by atoms with van der Waals surface area (Å²) in [6.45, 7) is 0. The Morgan fingerprint density at radius 1 is 1.24 bits per heavy atom. The fraction of sp³-hybridized carbons (Fsp3) is 0.375. The lowest BCUT2D eigenvalue weighted by atomic mass is 10.1. The van der Waals surface area contributed by atoms with Gasteiger partial charge in [0.2, 0.25) is 5.91 Å². The summed E-state index contributed by atoms with van der Waals surface area (Å²) in [5.41, 5.74) is 0.116. The van der Waals surface area contributed by atoms with Crippen LogP contribution in [0.3, 0.4) is 0 Å². The van der Waals surface area contributed by atoms with Gasteiger partial charge in [0.1, 0.15) is 0 Å². The number of nitrogens with zero attached hydrogens (tertiary/aromatic N) is 1. The highest BCUT2D eigenvalue weighted by atomic mass is 32.2. The number of benzene rings is 1. The molecule has 1 fully saturated rings. The Morgan fingerprint density at radius 2 is 2.00 bits per heavy atom. The highest BCUT2D eigenvalue weighted by Gasteiger charge is 2.30. The number of aromatic nitrogens is 1. The van der Waals surface area contributed by atoms with E-state index >= 15 is 0 Å². The van der Waals surface area contributed by atoms with Gasteiger partial charge in [-0.3, -0.25) is 4.79 Å². The maximum Gasteiger partial charge on any atom is 0.416 e. The van der Waals surface area contributed by atoms with Crippen molar-refractivity contribution in [1.29, 1.82) is 0 Å². The van der Waals surface area contributed by atoms with Crippen LogP contribution in [-0.4, -0.2) is 33.4 Å². The molecule has 0 aliphatic carbocycles. The topological polar surface area (TPSA) is 42.0 Å². The molecule has 1 aliphatic rings. The fourth-order valence-corrected chi connectivity index (χ4v) is 5.69. The van der Waals surface area contributed by atoms with E-state index < -0.39 is 11.7 Å². The predicted molar refractivity (Wildman–Crippen MR) is 98.6 cm³/mol. The number of anilines is 1. The van der Waals surface area contributed by atoms with Crippen molar-refractivity contribution in [1.82, 2.24) is 4.98 Å². The first-order valence-electron chi connectivity index (χ1n) is 7.53. The van der Waals surface area contributed by atoms with Gasteiger partial charge in [-0.25, -0.2) is 4.98 Å². The Kier molecular flexibility index (Phi) is 5.96. The molecule has 0 unspecified atom stereocenters. The Morgan fingerprint density at radius 3 is 2.64 bits per heavy atom. The number of thiazole rings is 1. The van der Waals surface area contributed by atoms with E-state index in [2.05, 4.69) is 10.3 Å². The smallest absolute Gasteiger partial charge is 0.301 e. The lowest BCUT2D eigenvalue weighted by Gasteiger charge is -2.19. The summed E-state index contributed by atoms with van der Waals surface area (Å²) >= 11 is 4.78. The zero-order valence-electron chi connectivity index (χ0n) is 13.0. The molecule has 25 heavy (non-hydrogen) atoms. The van der Waals surface area contributed by atoms with Crippen LogP contribution >= 0.6 is 34.9 Å². The predicted octanol–water partition coefficient (Wildman–Crippen LogP) is 4.54. The molecular weight excluding hydrogens is 389 g/mol. The monoisotopic (exact) mass is 404 g/mol. The Bertz CT molecular complexity index is 725. The van der Waals surface area contributed by atoms with Crippen LogP contribution in [0.25, 0.3) is 0 Å². The van der Waals surface area contributed by atoms with E-state index in [-0.39, 0.29) is 11.2 Å². The Balaban J connectivity index is 1.59. The van der Waals surface area contributed by atoms with Gasteiger partial charge in [-0.05, 0) is 17.7 Å². The maximum absolute atomic E-state index is 12.6. The molecule has 1 aromatic heterocycles. The number of carbonyl (C=O) groups excluding carboxylic acids is 1. The minimum Gasteiger partial charge on any atom is -0.301 e. The van der Waals surface area contributed by atoms with Crippen molar-refractivity contribution in [2.45, 2.75) is 17.8 Å². The van der Waals surface area contributed by atoms with Crippen molar-refractivity contribution < 1.29 is 18.0 Å². The summed E-state index contributed by atoms with van der Waals surface area (Å²) in [6, 6.07) is 5.10. The van der Waals surface area contributed by atoms with E-state index in [9.17, 15) is 18.0 Å². The van der Waals surface area contributed by atoms with Gasteiger partial charge in [-0.1, -0.05) is 12.1 Å². The van der Waals surface area contributed by atoms with Crippen LogP contribution in [0.2, 0.25) is 0 Å². The standard InChI is InChI=1S/C16H15F3N2OS3/c17-16(18,19)11-3-1-10(2-4-11)7-12-8-20-15(25-12)21-14(22)13-9-23-5-6-24-13/h1-4,8,13H,5-7,9H2,(H,20,21,22)/t13-/m1/s1. The van der Waals surface area contributed by atoms with Gasteiger partial charge in [-0.15, -0.1) is 23.1 Å². The molecule has 0 spiro atoms. The molecule has 1 aliphatic heterocycles. The number of nitrogens with one attached hydrogen (secondary N) is 1. The first kappa shape index (κ1) is 18.6. The van der Waals surface area contributed by atoms with Crippen LogP contribution in [0.15, 0.2) is 30.5 Å². The van der Waals surface area contributed by atoms with Crippen LogP contribution in [0, 0.1) is 0 Å². The van der Waals surface area contributed by atoms with Crippen LogP contribution < -0.4 is 5.32 Å². The highest BCUT2D eigenvalue weighted by Crippen LogP contribution is 2.30. The summed E-state index contributed by atoms with van der Waals surface area (Å²) in [4.78, 5) is 17.3. The first-order valence-corrected chi connectivity index (χ1v) is 10.5. The average molecular weight is 405 g/mol. The third kappa shape index (κ3) is 5.15. The van der Waals surface area contributed by atoms with Gasteiger partial charge in [-0.2, -0.15) is 24.9 Å². The number of alkyl halides is 3. The molecule has 134 valence electrons. The number of halogens is 3. The van der Waals surface area contributed by atoms with Crippen molar-refractivity contribution in [3.05, 3.63) is 46.5 Å². The van der Waals surface area contributed by atoms with E-state index in [0.29, 0.717) is 11.6 Å². The van der Waals surface area contributed by atoms with E-state index in [1.165, 1.54) is 23.5 Å². The first-order chi connectivity index (χ1) is 11.9. The second-order valence-corrected chi connectivity index (χ2v) is 9.00. The quantitative estimate of drug-likeness (QED) is 0.812. The zero-order chi connectivity index (χ0) is 17.9. The van der Waals surface area contributed by atoms with Crippen molar-refractivity contribution in [3.8, 4) is 0 Å². The van der Waals surface area contributed by atoms with Gasteiger partial charge in [0.05, 0.1) is 10.8 Å². The van der Waals surface area contributed by atoms with Gasteiger partial charge in [0, 0.05) is 34.8 Å². The van der Waals surface area contributed by atoms with E-state index in [4.69, 9.17) is 0 Å². The van der Waals surface area contributed by atoms with Gasteiger partial charge in [0.25, 0.3) is 0 Å². The summed E-state index contributed by atoms with van der Waals surface area (Å²) in [5, 5.41) is 3.31. The fourth-order valence-electron chi connectivity index (χ4n) is 2.28. The van der Waals surface area contributed by atoms with E-state index in [1.807, 2.05) is 0 Å². The zero-order valence-corrected chi connectivity index (χ0v) is 15.5. The van der Waals surface area contributed by atoms with Crippen molar-refractivity contribution in [2.24, 2.45) is 0 Å². The average Bonchev–Trinajstić information content (AvgIpc) is 3.02. The highest BCUT2D eigenvalue weighted by molar-refractivity contribution is 8.07. The lowest BCUT2D eigenvalue weighted by Crippen LogP contribution is -2.29. The number of amides is 1. The molecule has 0 radical (unpaired) electrons. The Labute approximate surface area is 155 Å². The molecule has 1 amide bonds. The molecular formula is C16H15F3N2OS3. The third-order valence-electron chi connectivity index (χ3n) is 3.55. The van der Waals surface area contributed by atoms with Crippen LogP contribution in [0.5, 0.6) is 0 Å². The normalized spacial score (nSPS) is 18.1. The molecule has 1 N–H and O–H groups in total. The summed E-state index contributed by atoms with van der Waals surface area (Å²) in [7, 11) is 0. The second kappa shape index (κ2) is 8.01. The maximum atomic E-state index is 12.6. The van der Waals surface area contributed by atoms with Gasteiger partial charge >= 0.3 is 6.18 Å². The van der Waals surface area contributed by atoms with E-state index in [0.717, 1.165) is 39.8 Å². The second-order valence-electron chi connectivity index (χ2n) is 5.43. The number of rotatable bonds is 4.